The molecule has 0 saturated heterocycles. The fourth-order valence-electron chi connectivity index (χ4n) is 3.07. The van der Waals surface area contributed by atoms with Gasteiger partial charge in [-0.25, -0.2) is 0 Å². The highest BCUT2D eigenvalue weighted by Crippen LogP contribution is 2.19. The summed E-state index contributed by atoms with van der Waals surface area (Å²) in [6.07, 6.45) is 2.28. The van der Waals surface area contributed by atoms with E-state index in [4.69, 9.17) is 4.74 Å². The second kappa shape index (κ2) is 10.6. The number of nitriles is 1. The van der Waals surface area contributed by atoms with Crippen molar-refractivity contribution >= 4 is 23.6 Å². The maximum absolute atomic E-state index is 12.5. The number of nitrogens with zero attached hydrogens (tertiary/aromatic N) is 1. The molecule has 32 heavy (non-hydrogen) atoms. The second-order valence-electron chi connectivity index (χ2n) is 6.98. The second-order valence-corrected chi connectivity index (χ2v) is 6.98. The van der Waals surface area contributed by atoms with Crippen LogP contribution in [0.2, 0.25) is 0 Å². The molecule has 0 aliphatic carbocycles. The van der Waals surface area contributed by atoms with E-state index in [1.165, 1.54) is 18.2 Å². The molecule has 0 bridgehead atoms. The zero-order valence-corrected chi connectivity index (χ0v) is 17.5. The summed E-state index contributed by atoms with van der Waals surface area (Å²) >= 11 is 0. The largest absolute Gasteiger partial charge is 0.545 e. The Morgan fingerprint density at radius 1 is 1.06 bits per heavy atom. The number of carbonyl (C=O) groups is 2. The van der Waals surface area contributed by atoms with Crippen LogP contribution in [0.25, 0.3) is 6.08 Å². The van der Waals surface area contributed by atoms with Gasteiger partial charge in [0, 0.05) is 5.69 Å². The van der Waals surface area contributed by atoms with Gasteiger partial charge in [-0.15, -0.1) is 0 Å². The topological polar surface area (TPSA) is 102 Å². The van der Waals surface area contributed by atoms with Crippen LogP contribution in [0.4, 0.5) is 5.69 Å². The Balaban J connectivity index is 1.66. The minimum atomic E-state index is -1.24. The van der Waals surface area contributed by atoms with Crippen molar-refractivity contribution < 1.29 is 19.4 Å². The molecule has 6 heteroatoms. The molecule has 0 aromatic heterocycles. The number of carbonyl (C=O) groups excluding carboxylic acids is 2. The third kappa shape index (κ3) is 5.83. The molecule has 0 heterocycles. The average molecular weight is 425 g/mol. The Labute approximate surface area is 186 Å². The number of amides is 1. The molecular formula is C26H21N2O4-. The van der Waals surface area contributed by atoms with Gasteiger partial charge in [-0.05, 0) is 59.0 Å². The lowest BCUT2D eigenvalue weighted by atomic mass is 10.1. The number of anilines is 1. The fraction of sp³-hybridized carbons (Fsp3) is 0.115. The highest BCUT2D eigenvalue weighted by atomic mass is 16.5. The van der Waals surface area contributed by atoms with E-state index < -0.39 is 11.9 Å². The number of rotatable bonds is 8. The number of aryl methyl sites for hydroxylation is 1. The van der Waals surface area contributed by atoms with Crippen molar-refractivity contribution in [3.05, 3.63) is 101 Å². The minimum Gasteiger partial charge on any atom is -0.545 e. The Morgan fingerprint density at radius 2 is 1.81 bits per heavy atom. The van der Waals surface area contributed by atoms with Crippen molar-refractivity contribution in [1.29, 1.82) is 5.26 Å². The van der Waals surface area contributed by atoms with Gasteiger partial charge in [-0.2, -0.15) is 5.26 Å². The van der Waals surface area contributed by atoms with E-state index in [-0.39, 0.29) is 17.7 Å². The lowest BCUT2D eigenvalue weighted by molar-refractivity contribution is -0.255. The first-order valence-corrected chi connectivity index (χ1v) is 10.0. The summed E-state index contributed by atoms with van der Waals surface area (Å²) in [6, 6.07) is 22.7. The molecule has 160 valence electrons. The van der Waals surface area contributed by atoms with Crippen LogP contribution in [-0.2, 0) is 17.8 Å². The highest BCUT2D eigenvalue weighted by molar-refractivity contribution is 6.10. The van der Waals surface area contributed by atoms with Crippen LogP contribution in [0.15, 0.2) is 78.4 Å². The molecule has 0 aliphatic heterocycles. The van der Waals surface area contributed by atoms with Gasteiger partial charge < -0.3 is 20.0 Å². The van der Waals surface area contributed by atoms with Crippen LogP contribution in [-0.4, -0.2) is 11.9 Å². The summed E-state index contributed by atoms with van der Waals surface area (Å²) in [5, 5.41) is 23.2. The zero-order valence-electron chi connectivity index (χ0n) is 17.5. The average Bonchev–Trinajstić information content (AvgIpc) is 2.82. The van der Waals surface area contributed by atoms with Crippen LogP contribution in [0.3, 0.4) is 0 Å². The number of para-hydroxylation sites is 1. The molecule has 0 spiro atoms. The zero-order chi connectivity index (χ0) is 22.9. The molecule has 3 aromatic rings. The van der Waals surface area contributed by atoms with E-state index >= 15 is 0 Å². The standard InChI is InChI=1S/C26H22N2O4/c1-2-20-7-3-4-9-24(20)28-25(29)22(16-27)14-18-10-12-23(13-11-18)32-17-19-6-5-8-21(15-19)26(30)31/h3-15H,2,17H2,1H3,(H,28,29)(H,30,31)/p-1/b22-14+. The SMILES string of the molecule is CCc1ccccc1NC(=O)/C(C#N)=C/c1ccc(OCc2cccc(C(=O)[O-])c2)cc1. The molecule has 0 atom stereocenters. The Hall–Kier alpha value is -4.37. The molecular weight excluding hydrogens is 404 g/mol. The van der Waals surface area contributed by atoms with Gasteiger partial charge in [0.15, 0.2) is 0 Å². The molecule has 6 nitrogen and oxygen atoms in total. The smallest absolute Gasteiger partial charge is 0.266 e. The van der Waals surface area contributed by atoms with Crippen LogP contribution in [0.1, 0.15) is 34.0 Å². The van der Waals surface area contributed by atoms with Crippen molar-refractivity contribution in [1.82, 2.24) is 0 Å². The quantitative estimate of drug-likeness (QED) is 0.438. The third-order valence-electron chi connectivity index (χ3n) is 4.77. The monoisotopic (exact) mass is 425 g/mol. The van der Waals surface area contributed by atoms with Crippen LogP contribution in [0.5, 0.6) is 5.75 Å². The Morgan fingerprint density at radius 3 is 2.50 bits per heavy atom. The van der Waals surface area contributed by atoms with Gasteiger partial charge in [-0.3, -0.25) is 4.79 Å². The van der Waals surface area contributed by atoms with Crippen molar-refractivity contribution in [2.45, 2.75) is 20.0 Å². The highest BCUT2D eigenvalue weighted by Gasteiger charge is 2.11. The fourth-order valence-corrected chi connectivity index (χ4v) is 3.07. The van der Waals surface area contributed by atoms with Crippen LogP contribution in [0, 0.1) is 11.3 Å². The van der Waals surface area contributed by atoms with E-state index in [1.54, 1.807) is 42.5 Å². The minimum absolute atomic E-state index is 0.0105. The number of carboxylic acid groups (broad SMARTS) is 1. The first-order chi connectivity index (χ1) is 15.5. The molecule has 3 aromatic carbocycles. The number of ether oxygens (including phenoxy) is 1. The summed E-state index contributed by atoms with van der Waals surface area (Å²) in [5.41, 5.74) is 3.13. The molecule has 0 aliphatic rings. The lowest BCUT2D eigenvalue weighted by Crippen LogP contribution is -2.22. The molecule has 1 N–H and O–H groups in total. The van der Waals surface area contributed by atoms with E-state index in [9.17, 15) is 20.0 Å². The van der Waals surface area contributed by atoms with Crippen LogP contribution >= 0.6 is 0 Å². The number of nitrogens with one attached hydrogen (secondary N) is 1. The number of hydrogen-bond acceptors (Lipinski definition) is 5. The predicted octanol–water partition coefficient (Wildman–Crippen LogP) is 3.74. The molecule has 3 rings (SSSR count). The lowest BCUT2D eigenvalue weighted by Gasteiger charge is -2.10. The van der Waals surface area contributed by atoms with Crippen molar-refractivity contribution in [3.63, 3.8) is 0 Å². The maximum atomic E-state index is 12.5. The maximum Gasteiger partial charge on any atom is 0.266 e. The summed E-state index contributed by atoms with van der Waals surface area (Å²) in [7, 11) is 0. The van der Waals surface area contributed by atoms with E-state index in [0.29, 0.717) is 22.6 Å². The molecule has 0 saturated carbocycles. The summed E-state index contributed by atoms with van der Waals surface area (Å²) < 4.78 is 5.69. The van der Waals surface area contributed by atoms with Gasteiger partial charge in [0.1, 0.15) is 24.0 Å². The number of hydrogen-bond donors (Lipinski definition) is 1. The van der Waals surface area contributed by atoms with Crippen LogP contribution < -0.4 is 15.2 Å². The first kappa shape index (κ1) is 22.3. The van der Waals surface area contributed by atoms with Gasteiger partial charge >= 0.3 is 0 Å². The molecule has 0 unspecified atom stereocenters. The first-order valence-electron chi connectivity index (χ1n) is 10.0. The van der Waals surface area contributed by atoms with Crippen molar-refractivity contribution in [3.8, 4) is 11.8 Å². The molecule has 0 fully saturated rings. The van der Waals surface area contributed by atoms with Crippen molar-refractivity contribution in [2.24, 2.45) is 0 Å². The normalized spacial score (nSPS) is 10.8. The number of aromatic carboxylic acids is 1. The third-order valence-corrected chi connectivity index (χ3v) is 4.77. The Kier molecular flexibility index (Phi) is 7.39. The molecule has 0 radical (unpaired) electrons. The van der Waals surface area contributed by atoms with Gasteiger partial charge in [-0.1, -0.05) is 55.5 Å². The van der Waals surface area contributed by atoms with Gasteiger partial charge in [0.05, 0.1) is 5.97 Å². The van der Waals surface area contributed by atoms with E-state index in [0.717, 1.165) is 12.0 Å². The summed E-state index contributed by atoms with van der Waals surface area (Å²) in [6.45, 7) is 2.19. The summed E-state index contributed by atoms with van der Waals surface area (Å²) in [5.74, 6) is -1.14. The molecule has 1 amide bonds. The summed E-state index contributed by atoms with van der Waals surface area (Å²) in [4.78, 5) is 23.5. The van der Waals surface area contributed by atoms with Gasteiger partial charge in [0.25, 0.3) is 5.91 Å². The predicted molar refractivity (Wildman–Crippen MR) is 120 cm³/mol. The number of carboxylic acids is 1. The van der Waals surface area contributed by atoms with Crippen molar-refractivity contribution in [2.75, 3.05) is 5.32 Å². The Bertz CT molecular complexity index is 1190. The number of benzene rings is 3. The van der Waals surface area contributed by atoms with E-state index in [1.807, 2.05) is 31.2 Å². The van der Waals surface area contributed by atoms with Gasteiger partial charge in [0.2, 0.25) is 0 Å². The van der Waals surface area contributed by atoms with E-state index in [2.05, 4.69) is 5.32 Å².